The Bertz CT molecular complexity index is 269. The summed E-state index contributed by atoms with van der Waals surface area (Å²) in [5, 5.41) is 0. The molecule has 88 valence electrons. The molecule has 1 heteroatoms. The SMILES string of the molecule is C=CCOCCCCCCC#CC#CCC. The molecule has 0 N–H and O–H groups in total. The highest BCUT2D eigenvalue weighted by Gasteiger charge is 1.88. The highest BCUT2D eigenvalue weighted by Crippen LogP contribution is 2.02. The van der Waals surface area contributed by atoms with Crippen LogP contribution < -0.4 is 0 Å². The van der Waals surface area contributed by atoms with E-state index in [0.29, 0.717) is 6.61 Å². The molecule has 0 heterocycles. The Labute approximate surface area is 100 Å². The summed E-state index contributed by atoms with van der Waals surface area (Å²) in [5.41, 5.74) is 0. The van der Waals surface area contributed by atoms with Crippen molar-refractivity contribution in [2.45, 2.75) is 45.4 Å². The van der Waals surface area contributed by atoms with E-state index in [1.54, 1.807) is 6.08 Å². The molecular weight excluding hydrogens is 196 g/mol. The van der Waals surface area contributed by atoms with Crippen LogP contribution in [0.5, 0.6) is 0 Å². The Morgan fingerprint density at radius 3 is 2.56 bits per heavy atom. The minimum absolute atomic E-state index is 0.668. The zero-order chi connectivity index (χ0) is 11.9. The van der Waals surface area contributed by atoms with Crippen LogP contribution in [-0.4, -0.2) is 13.2 Å². The number of hydrogen-bond acceptors (Lipinski definition) is 1. The van der Waals surface area contributed by atoms with Gasteiger partial charge in [0.05, 0.1) is 6.61 Å². The fraction of sp³-hybridized carbons (Fsp3) is 0.600. The predicted octanol–water partition coefficient (Wildman–Crippen LogP) is 3.56. The van der Waals surface area contributed by atoms with Gasteiger partial charge in [0.25, 0.3) is 0 Å². The zero-order valence-corrected chi connectivity index (χ0v) is 10.3. The molecule has 0 aliphatic carbocycles. The molecule has 16 heavy (non-hydrogen) atoms. The highest BCUT2D eigenvalue weighted by molar-refractivity contribution is 5.25. The van der Waals surface area contributed by atoms with Crippen LogP contribution in [0, 0.1) is 23.7 Å². The normalized spacial score (nSPS) is 8.56. The van der Waals surface area contributed by atoms with Gasteiger partial charge in [0, 0.05) is 19.4 Å². The number of unbranched alkanes of at least 4 members (excludes halogenated alkanes) is 4. The van der Waals surface area contributed by atoms with E-state index in [9.17, 15) is 0 Å². The smallest absolute Gasteiger partial charge is 0.0644 e. The third kappa shape index (κ3) is 12.8. The standard InChI is InChI=1S/C15H22O/c1-3-5-6-7-8-9-10-11-12-13-15-16-14-4-2/h4H,2-3,9-15H2,1H3. The van der Waals surface area contributed by atoms with Gasteiger partial charge >= 0.3 is 0 Å². The molecule has 0 atom stereocenters. The first-order chi connectivity index (χ1) is 7.91. The first-order valence-electron chi connectivity index (χ1n) is 6.06. The summed E-state index contributed by atoms with van der Waals surface area (Å²) < 4.78 is 5.29. The van der Waals surface area contributed by atoms with Gasteiger partial charge in [-0.2, -0.15) is 0 Å². The lowest BCUT2D eigenvalue weighted by atomic mass is 10.1. The Balaban J connectivity index is 3.14. The Morgan fingerprint density at radius 2 is 1.81 bits per heavy atom. The predicted molar refractivity (Wildman–Crippen MR) is 69.9 cm³/mol. The average molecular weight is 218 g/mol. The third-order valence-electron chi connectivity index (χ3n) is 1.99. The van der Waals surface area contributed by atoms with Crippen LogP contribution in [0.25, 0.3) is 0 Å². The zero-order valence-electron chi connectivity index (χ0n) is 10.3. The molecule has 1 nitrogen and oxygen atoms in total. The molecule has 0 spiro atoms. The van der Waals surface area contributed by atoms with E-state index >= 15 is 0 Å². The number of hydrogen-bond donors (Lipinski definition) is 0. The van der Waals surface area contributed by atoms with Crippen molar-refractivity contribution < 1.29 is 4.74 Å². The van der Waals surface area contributed by atoms with Crippen molar-refractivity contribution in [3.63, 3.8) is 0 Å². The average Bonchev–Trinajstić information content (AvgIpc) is 2.31. The third-order valence-corrected chi connectivity index (χ3v) is 1.99. The molecule has 0 aromatic rings. The topological polar surface area (TPSA) is 9.23 Å². The van der Waals surface area contributed by atoms with Crippen LogP contribution in [0.1, 0.15) is 45.4 Å². The van der Waals surface area contributed by atoms with Crippen molar-refractivity contribution in [3.05, 3.63) is 12.7 Å². The maximum Gasteiger partial charge on any atom is 0.0644 e. The molecule has 0 radical (unpaired) electrons. The minimum atomic E-state index is 0.668. The maximum atomic E-state index is 5.29. The van der Waals surface area contributed by atoms with E-state index in [0.717, 1.165) is 25.9 Å². The molecule has 0 fully saturated rings. The quantitative estimate of drug-likeness (QED) is 0.344. The largest absolute Gasteiger partial charge is 0.377 e. The lowest BCUT2D eigenvalue weighted by Gasteiger charge is -2.00. The first kappa shape index (κ1) is 14.8. The Hall–Kier alpha value is -1.18. The van der Waals surface area contributed by atoms with Crippen molar-refractivity contribution >= 4 is 0 Å². The molecule has 0 aromatic carbocycles. The van der Waals surface area contributed by atoms with Crippen molar-refractivity contribution in [1.82, 2.24) is 0 Å². The lowest BCUT2D eigenvalue weighted by molar-refractivity contribution is 0.157. The molecular formula is C15H22O. The van der Waals surface area contributed by atoms with Gasteiger partial charge in [-0.25, -0.2) is 0 Å². The Kier molecular flexibility index (Phi) is 12.8. The fourth-order valence-corrected chi connectivity index (χ4v) is 1.18. The van der Waals surface area contributed by atoms with Crippen molar-refractivity contribution in [2.24, 2.45) is 0 Å². The summed E-state index contributed by atoms with van der Waals surface area (Å²) >= 11 is 0. The van der Waals surface area contributed by atoms with Crippen LogP contribution in [0.4, 0.5) is 0 Å². The van der Waals surface area contributed by atoms with Crippen molar-refractivity contribution in [3.8, 4) is 23.7 Å². The van der Waals surface area contributed by atoms with E-state index in [-0.39, 0.29) is 0 Å². The molecule has 0 aliphatic heterocycles. The van der Waals surface area contributed by atoms with Crippen LogP contribution in [0.3, 0.4) is 0 Å². The minimum Gasteiger partial charge on any atom is -0.377 e. The molecule has 0 saturated carbocycles. The van der Waals surface area contributed by atoms with Crippen LogP contribution >= 0.6 is 0 Å². The molecule has 0 bridgehead atoms. The summed E-state index contributed by atoms with van der Waals surface area (Å²) in [6.07, 6.45) is 8.39. The van der Waals surface area contributed by atoms with Gasteiger partial charge in [-0.05, 0) is 24.7 Å². The molecule has 0 aliphatic rings. The summed E-state index contributed by atoms with van der Waals surface area (Å²) in [5.74, 6) is 11.7. The molecule has 0 amide bonds. The second-order valence-corrected chi connectivity index (χ2v) is 3.48. The molecule has 0 aromatic heterocycles. The molecule has 0 unspecified atom stereocenters. The summed E-state index contributed by atoms with van der Waals surface area (Å²) in [4.78, 5) is 0. The van der Waals surface area contributed by atoms with Crippen molar-refractivity contribution in [1.29, 1.82) is 0 Å². The van der Waals surface area contributed by atoms with Gasteiger partial charge < -0.3 is 4.74 Å². The fourth-order valence-electron chi connectivity index (χ4n) is 1.18. The summed E-state index contributed by atoms with van der Waals surface area (Å²) in [6, 6.07) is 0. The Morgan fingerprint density at radius 1 is 1.06 bits per heavy atom. The second-order valence-electron chi connectivity index (χ2n) is 3.48. The van der Waals surface area contributed by atoms with Gasteiger partial charge in [-0.1, -0.05) is 37.7 Å². The van der Waals surface area contributed by atoms with Gasteiger partial charge in [0.1, 0.15) is 0 Å². The summed E-state index contributed by atoms with van der Waals surface area (Å²) in [7, 11) is 0. The highest BCUT2D eigenvalue weighted by atomic mass is 16.5. The van der Waals surface area contributed by atoms with Crippen LogP contribution in [0.2, 0.25) is 0 Å². The second kappa shape index (κ2) is 13.8. The van der Waals surface area contributed by atoms with Gasteiger partial charge in [0.2, 0.25) is 0 Å². The maximum absolute atomic E-state index is 5.29. The van der Waals surface area contributed by atoms with E-state index in [1.807, 2.05) is 6.92 Å². The number of rotatable bonds is 8. The molecule has 0 saturated heterocycles. The van der Waals surface area contributed by atoms with E-state index in [1.165, 1.54) is 19.3 Å². The van der Waals surface area contributed by atoms with Gasteiger partial charge in [0.15, 0.2) is 0 Å². The van der Waals surface area contributed by atoms with E-state index in [2.05, 4.69) is 30.3 Å². The van der Waals surface area contributed by atoms with Crippen LogP contribution in [0.15, 0.2) is 12.7 Å². The van der Waals surface area contributed by atoms with Gasteiger partial charge in [-0.15, -0.1) is 6.58 Å². The van der Waals surface area contributed by atoms with Crippen molar-refractivity contribution in [2.75, 3.05) is 13.2 Å². The summed E-state index contributed by atoms with van der Waals surface area (Å²) in [6.45, 7) is 7.14. The van der Waals surface area contributed by atoms with Crippen LogP contribution in [-0.2, 0) is 4.74 Å². The first-order valence-corrected chi connectivity index (χ1v) is 6.06. The monoisotopic (exact) mass is 218 g/mol. The van der Waals surface area contributed by atoms with Gasteiger partial charge in [-0.3, -0.25) is 0 Å². The molecule has 0 rings (SSSR count). The van der Waals surface area contributed by atoms with E-state index < -0.39 is 0 Å². The lowest BCUT2D eigenvalue weighted by Crippen LogP contribution is -1.93. The number of ether oxygens (including phenoxy) is 1. The van der Waals surface area contributed by atoms with E-state index in [4.69, 9.17) is 4.74 Å².